The minimum atomic E-state index is 0.0424. The van der Waals surface area contributed by atoms with Crippen molar-refractivity contribution in [3.8, 4) is 11.8 Å². The quantitative estimate of drug-likeness (QED) is 0.815. The van der Waals surface area contributed by atoms with Crippen LogP contribution >= 0.6 is 11.3 Å². The minimum Gasteiger partial charge on any atom is -0.349 e. The molecule has 1 amide bonds. The highest BCUT2D eigenvalue weighted by molar-refractivity contribution is 7.14. The zero-order chi connectivity index (χ0) is 13.7. The smallest absolute Gasteiger partial charge is 0.261 e. The molecule has 1 aromatic heterocycles. The molecule has 0 aliphatic heterocycles. The van der Waals surface area contributed by atoms with E-state index in [4.69, 9.17) is 5.73 Å². The number of carbonyl (C=O) groups is 1. The van der Waals surface area contributed by atoms with Crippen molar-refractivity contribution in [3.63, 3.8) is 0 Å². The Balaban J connectivity index is 2.02. The van der Waals surface area contributed by atoms with E-state index in [0.29, 0.717) is 12.6 Å². The van der Waals surface area contributed by atoms with Gasteiger partial charge in [0, 0.05) is 6.04 Å². The van der Waals surface area contributed by atoms with Gasteiger partial charge in [-0.15, -0.1) is 11.3 Å². The first-order chi connectivity index (χ1) is 9.20. The Morgan fingerprint density at radius 3 is 2.89 bits per heavy atom. The van der Waals surface area contributed by atoms with Crippen molar-refractivity contribution >= 4 is 17.2 Å². The van der Waals surface area contributed by atoms with Crippen LogP contribution in [-0.2, 0) is 0 Å². The van der Waals surface area contributed by atoms with E-state index in [9.17, 15) is 4.79 Å². The Kier molecular flexibility index (Phi) is 5.00. The lowest BCUT2D eigenvalue weighted by Gasteiger charge is -2.22. The summed E-state index contributed by atoms with van der Waals surface area (Å²) in [4.78, 5) is 13.9. The number of aryl methyl sites for hydroxylation is 1. The molecule has 0 spiro atoms. The van der Waals surface area contributed by atoms with Crippen molar-refractivity contribution in [3.05, 3.63) is 21.4 Å². The first-order valence-corrected chi connectivity index (χ1v) is 7.62. The van der Waals surface area contributed by atoms with Crippen molar-refractivity contribution < 1.29 is 4.79 Å². The Morgan fingerprint density at radius 2 is 2.21 bits per heavy atom. The van der Waals surface area contributed by atoms with Crippen LogP contribution in [0.2, 0.25) is 0 Å². The van der Waals surface area contributed by atoms with E-state index in [0.717, 1.165) is 28.2 Å². The van der Waals surface area contributed by atoms with E-state index in [1.807, 2.05) is 13.0 Å². The fraction of sp³-hybridized carbons (Fsp3) is 0.533. The highest BCUT2D eigenvalue weighted by Gasteiger charge is 2.18. The molecule has 1 aromatic rings. The molecule has 1 aliphatic rings. The topological polar surface area (TPSA) is 55.1 Å². The third-order valence-electron chi connectivity index (χ3n) is 3.39. The van der Waals surface area contributed by atoms with Crippen LogP contribution in [0.5, 0.6) is 0 Å². The molecule has 1 saturated carbocycles. The molecule has 0 aromatic carbocycles. The molecule has 1 aliphatic carbocycles. The lowest BCUT2D eigenvalue weighted by Crippen LogP contribution is -2.35. The van der Waals surface area contributed by atoms with Crippen LogP contribution in [0.3, 0.4) is 0 Å². The van der Waals surface area contributed by atoms with E-state index < -0.39 is 0 Å². The van der Waals surface area contributed by atoms with Crippen LogP contribution in [-0.4, -0.2) is 18.5 Å². The molecular weight excluding hydrogens is 256 g/mol. The van der Waals surface area contributed by atoms with Crippen LogP contribution in [0, 0.1) is 18.8 Å². The minimum absolute atomic E-state index is 0.0424. The van der Waals surface area contributed by atoms with Crippen molar-refractivity contribution in [1.29, 1.82) is 0 Å². The molecular formula is C15H20N2OS. The van der Waals surface area contributed by atoms with Crippen LogP contribution in [0.1, 0.15) is 52.2 Å². The van der Waals surface area contributed by atoms with Crippen molar-refractivity contribution in [2.24, 2.45) is 5.73 Å². The fourth-order valence-corrected chi connectivity index (χ4v) is 3.30. The van der Waals surface area contributed by atoms with E-state index in [1.54, 1.807) is 0 Å². The molecule has 0 saturated heterocycles. The van der Waals surface area contributed by atoms with E-state index >= 15 is 0 Å². The summed E-state index contributed by atoms with van der Waals surface area (Å²) in [5, 5.41) is 3.13. The second kappa shape index (κ2) is 6.74. The summed E-state index contributed by atoms with van der Waals surface area (Å²) in [7, 11) is 0. The number of carbonyl (C=O) groups excluding carboxylic acids is 1. The normalized spacial score (nSPS) is 15.7. The Morgan fingerprint density at radius 1 is 1.47 bits per heavy atom. The van der Waals surface area contributed by atoms with Crippen molar-refractivity contribution in [2.75, 3.05) is 6.54 Å². The zero-order valence-electron chi connectivity index (χ0n) is 11.3. The Bertz CT molecular complexity index is 504. The van der Waals surface area contributed by atoms with Crippen LogP contribution in [0.15, 0.2) is 6.07 Å². The van der Waals surface area contributed by atoms with Gasteiger partial charge in [0.15, 0.2) is 0 Å². The first kappa shape index (κ1) is 14.1. The monoisotopic (exact) mass is 276 g/mol. The molecule has 4 heteroatoms. The molecule has 0 bridgehead atoms. The number of thiophene rings is 1. The average Bonchev–Trinajstić information content (AvgIpc) is 2.79. The van der Waals surface area contributed by atoms with E-state index in [2.05, 4.69) is 17.2 Å². The lowest BCUT2D eigenvalue weighted by molar-refractivity contribution is 0.0932. The summed E-state index contributed by atoms with van der Waals surface area (Å²) in [6, 6.07) is 2.27. The predicted molar refractivity (Wildman–Crippen MR) is 79.3 cm³/mol. The van der Waals surface area contributed by atoms with Crippen LogP contribution in [0.25, 0.3) is 0 Å². The molecule has 3 nitrogen and oxygen atoms in total. The van der Waals surface area contributed by atoms with Gasteiger partial charge in [-0.3, -0.25) is 4.79 Å². The van der Waals surface area contributed by atoms with Gasteiger partial charge in [0.25, 0.3) is 5.91 Å². The third kappa shape index (κ3) is 3.82. The number of hydrogen-bond donors (Lipinski definition) is 2. The van der Waals surface area contributed by atoms with Gasteiger partial charge in [0.2, 0.25) is 0 Å². The van der Waals surface area contributed by atoms with Gasteiger partial charge in [0.05, 0.1) is 16.3 Å². The van der Waals surface area contributed by atoms with Gasteiger partial charge in [-0.1, -0.05) is 31.1 Å². The van der Waals surface area contributed by atoms with E-state index in [1.165, 1.54) is 30.6 Å². The van der Waals surface area contributed by atoms with E-state index in [-0.39, 0.29) is 5.91 Å². The molecule has 1 fully saturated rings. The maximum Gasteiger partial charge on any atom is 0.261 e. The molecule has 3 N–H and O–H groups in total. The summed E-state index contributed by atoms with van der Waals surface area (Å²) in [5.41, 5.74) is 6.42. The molecule has 102 valence electrons. The van der Waals surface area contributed by atoms with Crippen LogP contribution < -0.4 is 11.1 Å². The molecule has 0 atom stereocenters. The number of amides is 1. The van der Waals surface area contributed by atoms with Gasteiger partial charge in [0.1, 0.15) is 0 Å². The van der Waals surface area contributed by atoms with Gasteiger partial charge in [-0.25, -0.2) is 0 Å². The van der Waals surface area contributed by atoms with Crippen LogP contribution in [0.4, 0.5) is 0 Å². The van der Waals surface area contributed by atoms with Gasteiger partial charge in [-0.05, 0) is 31.4 Å². The Hall–Kier alpha value is -1.31. The SMILES string of the molecule is Cc1cc(C(=O)NC2CCCCC2)sc1C#CCN. The second-order valence-corrected chi connectivity index (χ2v) is 5.99. The molecule has 0 unspecified atom stereocenters. The summed E-state index contributed by atoms with van der Waals surface area (Å²) in [5.74, 6) is 5.89. The predicted octanol–water partition coefficient (Wildman–Crippen LogP) is 2.43. The number of nitrogens with two attached hydrogens (primary N) is 1. The maximum atomic E-state index is 12.2. The highest BCUT2D eigenvalue weighted by Crippen LogP contribution is 2.22. The number of hydrogen-bond acceptors (Lipinski definition) is 3. The lowest BCUT2D eigenvalue weighted by atomic mass is 9.95. The summed E-state index contributed by atoms with van der Waals surface area (Å²) >= 11 is 1.45. The third-order valence-corrected chi connectivity index (χ3v) is 4.54. The molecule has 19 heavy (non-hydrogen) atoms. The fourth-order valence-electron chi connectivity index (χ4n) is 2.35. The highest BCUT2D eigenvalue weighted by atomic mass is 32.1. The van der Waals surface area contributed by atoms with Crippen molar-refractivity contribution in [2.45, 2.75) is 45.1 Å². The summed E-state index contributed by atoms with van der Waals surface area (Å²) in [6.45, 7) is 2.33. The van der Waals surface area contributed by atoms with Gasteiger partial charge in [-0.2, -0.15) is 0 Å². The Labute approximate surface area is 118 Å². The number of rotatable bonds is 2. The summed E-state index contributed by atoms with van der Waals surface area (Å²) < 4.78 is 0. The average molecular weight is 276 g/mol. The molecule has 0 radical (unpaired) electrons. The molecule has 1 heterocycles. The molecule has 2 rings (SSSR count). The largest absolute Gasteiger partial charge is 0.349 e. The standard InChI is InChI=1S/C15H20N2OS/c1-11-10-14(19-13(11)8-5-9-16)15(18)17-12-6-3-2-4-7-12/h10,12H,2-4,6-7,9,16H2,1H3,(H,17,18). The number of nitrogens with one attached hydrogen (secondary N) is 1. The summed E-state index contributed by atoms with van der Waals surface area (Å²) in [6.07, 6.45) is 5.96. The second-order valence-electron chi connectivity index (χ2n) is 4.94. The van der Waals surface area contributed by atoms with Gasteiger partial charge < -0.3 is 11.1 Å². The maximum absolute atomic E-state index is 12.2. The zero-order valence-corrected chi connectivity index (χ0v) is 12.1. The van der Waals surface area contributed by atoms with Crippen molar-refractivity contribution in [1.82, 2.24) is 5.32 Å². The van der Waals surface area contributed by atoms with Gasteiger partial charge >= 0.3 is 0 Å². The first-order valence-electron chi connectivity index (χ1n) is 6.81.